The molecule has 29 heavy (non-hydrogen) atoms. The molecule has 3 nitrogen and oxygen atoms in total. The molecule has 2 N–H and O–H groups in total. The summed E-state index contributed by atoms with van der Waals surface area (Å²) in [5, 5.41) is 1.21. The third kappa shape index (κ3) is 3.12. The molecule has 0 saturated heterocycles. The number of alkyl halides is 3. The molecule has 0 aliphatic heterocycles. The first-order valence-corrected chi connectivity index (χ1v) is 8.84. The van der Waals surface area contributed by atoms with E-state index in [1.807, 2.05) is 13.0 Å². The molecule has 4 rings (SSSR count). The number of hydrogen-bond donors (Lipinski definition) is 1. The molecule has 0 saturated carbocycles. The van der Waals surface area contributed by atoms with Crippen molar-refractivity contribution in [3.63, 3.8) is 0 Å². The van der Waals surface area contributed by atoms with E-state index < -0.39 is 29.0 Å². The first-order chi connectivity index (χ1) is 13.7. The van der Waals surface area contributed by atoms with Crippen LogP contribution in [0.25, 0.3) is 21.8 Å². The molecule has 0 radical (unpaired) electrons. The molecule has 0 fully saturated rings. The van der Waals surface area contributed by atoms with E-state index in [2.05, 4.69) is 0 Å². The van der Waals surface area contributed by atoms with Gasteiger partial charge in [-0.2, -0.15) is 13.2 Å². The Labute approximate surface area is 163 Å². The molecular weight excluding hydrogens is 384 g/mol. The number of aryl methyl sites for hydroxylation is 1. The number of nitrogens with two attached hydrogens (primary N) is 1. The van der Waals surface area contributed by atoms with Crippen LogP contribution in [-0.4, -0.2) is 10.5 Å². The molecule has 0 bridgehead atoms. The molecule has 0 aliphatic rings. The van der Waals surface area contributed by atoms with Crippen LogP contribution in [0.5, 0.6) is 0 Å². The third-order valence-corrected chi connectivity index (χ3v) is 5.05. The maximum Gasteiger partial charge on any atom is 0.416 e. The molecule has 1 amide bonds. The lowest BCUT2D eigenvalue weighted by atomic mass is 10.1. The summed E-state index contributed by atoms with van der Waals surface area (Å²) in [6.45, 7) is 1.51. The monoisotopic (exact) mass is 400 g/mol. The van der Waals surface area contributed by atoms with Crippen molar-refractivity contribution in [2.45, 2.75) is 19.6 Å². The summed E-state index contributed by atoms with van der Waals surface area (Å²) in [7, 11) is 0. The van der Waals surface area contributed by atoms with E-state index in [0.29, 0.717) is 21.8 Å². The Morgan fingerprint density at radius 3 is 2.45 bits per heavy atom. The van der Waals surface area contributed by atoms with Gasteiger partial charge in [0.25, 0.3) is 0 Å². The van der Waals surface area contributed by atoms with E-state index in [0.717, 1.165) is 23.8 Å². The SMILES string of the molecule is Cc1ccc2c3c(C(N)=O)cccc3n(Cc3c(F)cccc3C(F)(F)F)c2c1. The number of carbonyl (C=O) groups is 1. The van der Waals surface area contributed by atoms with Crippen molar-refractivity contribution in [3.8, 4) is 0 Å². The van der Waals surface area contributed by atoms with E-state index in [-0.39, 0.29) is 12.1 Å². The van der Waals surface area contributed by atoms with Gasteiger partial charge in [-0.3, -0.25) is 4.79 Å². The van der Waals surface area contributed by atoms with Gasteiger partial charge in [0.05, 0.1) is 17.6 Å². The standard InChI is InChI=1S/C22H16F4N2O/c1-12-8-9-13-19(10-12)28(18-7-2-4-14(20(13)18)21(27)29)11-15-16(22(24,25)26)5-3-6-17(15)23/h2-10H,11H2,1H3,(H2,27,29). The van der Waals surface area contributed by atoms with Gasteiger partial charge in [-0.05, 0) is 42.8 Å². The van der Waals surface area contributed by atoms with Crippen LogP contribution < -0.4 is 5.73 Å². The van der Waals surface area contributed by atoms with Crippen LogP contribution in [0, 0.1) is 12.7 Å². The van der Waals surface area contributed by atoms with Gasteiger partial charge in [-0.15, -0.1) is 0 Å². The molecule has 148 valence electrons. The van der Waals surface area contributed by atoms with Crippen LogP contribution in [0.15, 0.2) is 54.6 Å². The number of fused-ring (bicyclic) bond motifs is 3. The number of benzene rings is 3. The fraction of sp³-hybridized carbons (Fsp3) is 0.136. The Morgan fingerprint density at radius 2 is 1.76 bits per heavy atom. The lowest BCUT2D eigenvalue weighted by molar-refractivity contribution is -0.138. The molecule has 7 heteroatoms. The van der Waals surface area contributed by atoms with E-state index in [4.69, 9.17) is 5.73 Å². The van der Waals surface area contributed by atoms with Crippen LogP contribution >= 0.6 is 0 Å². The minimum absolute atomic E-state index is 0.264. The fourth-order valence-electron chi connectivity index (χ4n) is 3.77. The lowest BCUT2D eigenvalue weighted by Crippen LogP contribution is -2.14. The van der Waals surface area contributed by atoms with Gasteiger partial charge in [0.2, 0.25) is 5.91 Å². The number of nitrogens with zero attached hydrogens (tertiary/aromatic N) is 1. The molecule has 4 aromatic rings. The first kappa shape index (κ1) is 19.0. The van der Waals surface area contributed by atoms with Gasteiger partial charge in [0.15, 0.2) is 0 Å². The van der Waals surface area contributed by atoms with E-state index >= 15 is 0 Å². The molecule has 0 unspecified atom stereocenters. The van der Waals surface area contributed by atoms with Gasteiger partial charge < -0.3 is 10.3 Å². The number of rotatable bonds is 3. The summed E-state index contributed by atoms with van der Waals surface area (Å²) in [4.78, 5) is 11.9. The van der Waals surface area contributed by atoms with Crippen molar-refractivity contribution in [2.24, 2.45) is 5.73 Å². The van der Waals surface area contributed by atoms with Crippen LogP contribution in [0.4, 0.5) is 17.6 Å². The zero-order valence-corrected chi connectivity index (χ0v) is 15.3. The highest BCUT2D eigenvalue weighted by molar-refractivity contribution is 6.17. The highest BCUT2D eigenvalue weighted by atomic mass is 19.4. The van der Waals surface area contributed by atoms with Crippen molar-refractivity contribution in [2.75, 3.05) is 0 Å². The van der Waals surface area contributed by atoms with E-state index in [1.165, 1.54) is 0 Å². The normalized spacial score (nSPS) is 12.0. The second-order valence-electron chi connectivity index (χ2n) is 6.93. The smallest absolute Gasteiger partial charge is 0.366 e. The van der Waals surface area contributed by atoms with Gasteiger partial charge in [0.1, 0.15) is 5.82 Å². The van der Waals surface area contributed by atoms with E-state index in [9.17, 15) is 22.4 Å². The predicted octanol–water partition coefficient (Wildman–Crippen LogP) is 5.41. The highest BCUT2D eigenvalue weighted by Gasteiger charge is 2.34. The Bertz CT molecular complexity index is 1270. The number of halogens is 4. The minimum Gasteiger partial charge on any atom is -0.366 e. The first-order valence-electron chi connectivity index (χ1n) is 8.84. The number of aromatic nitrogens is 1. The minimum atomic E-state index is -4.69. The molecular formula is C22H16F4N2O. The van der Waals surface area contributed by atoms with E-state index in [1.54, 1.807) is 34.9 Å². The zero-order valence-electron chi connectivity index (χ0n) is 15.3. The molecule has 1 heterocycles. The van der Waals surface area contributed by atoms with Gasteiger partial charge in [-0.25, -0.2) is 4.39 Å². The van der Waals surface area contributed by atoms with Crippen LogP contribution in [0.1, 0.15) is 27.0 Å². The summed E-state index contributed by atoms with van der Waals surface area (Å²) in [6, 6.07) is 13.2. The molecule has 0 aliphatic carbocycles. The summed E-state index contributed by atoms with van der Waals surface area (Å²) >= 11 is 0. The lowest BCUT2D eigenvalue weighted by Gasteiger charge is -2.16. The Hall–Kier alpha value is -3.35. The third-order valence-electron chi connectivity index (χ3n) is 5.05. The number of carbonyl (C=O) groups excluding carboxylic acids is 1. The summed E-state index contributed by atoms with van der Waals surface area (Å²) in [5.74, 6) is -1.58. The largest absolute Gasteiger partial charge is 0.416 e. The summed E-state index contributed by atoms with van der Waals surface area (Å²) in [5.41, 5.74) is 6.29. The van der Waals surface area contributed by atoms with Crippen molar-refractivity contribution < 1.29 is 22.4 Å². The van der Waals surface area contributed by atoms with Crippen molar-refractivity contribution in [3.05, 3.63) is 82.7 Å². The van der Waals surface area contributed by atoms with Gasteiger partial charge in [-0.1, -0.05) is 24.3 Å². The molecule has 1 aromatic heterocycles. The fourth-order valence-corrected chi connectivity index (χ4v) is 3.77. The number of amides is 1. The number of hydrogen-bond acceptors (Lipinski definition) is 1. The quantitative estimate of drug-likeness (QED) is 0.460. The topological polar surface area (TPSA) is 48.0 Å². The van der Waals surface area contributed by atoms with Crippen molar-refractivity contribution >= 4 is 27.7 Å². The Morgan fingerprint density at radius 1 is 1.03 bits per heavy atom. The van der Waals surface area contributed by atoms with Crippen LogP contribution in [0.2, 0.25) is 0 Å². The maximum absolute atomic E-state index is 14.5. The number of primary amides is 1. The molecule has 0 atom stereocenters. The average molecular weight is 400 g/mol. The average Bonchev–Trinajstić information content (AvgIpc) is 2.95. The van der Waals surface area contributed by atoms with Crippen LogP contribution in [-0.2, 0) is 12.7 Å². The van der Waals surface area contributed by atoms with Gasteiger partial charge >= 0.3 is 6.18 Å². The summed E-state index contributed by atoms with van der Waals surface area (Å²) < 4.78 is 56.5. The van der Waals surface area contributed by atoms with Crippen molar-refractivity contribution in [1.29, 1.82) is 0 Å². The Kier molecular flexibility index (Phi) is 4.33. The van der Waals surface area contributed by atoms with Crippen molar-refractivity contribution in [1.82, 2.24) is 4.57 Å². The van der Waals surface area contributed by atoms with Gasteiger partial charge in [0, 0.05) is 27.4 Å². The maximum atomic E-state index is 14.5. The summed E-state index contributed by atoms with van der Waals surface area (Å²) in [6.07, 6.45) is -4.69. The molecule has 0 spiro atoms. The van der Waals surface area contributed by atoms with Crippen LogP contribution in [0.3, 0.4) is 0 Å². The Balaban J connectivity index is 2.07. The second-order valence-corrected chi connectivity index (χ2v) is 6.93. The molecule has 3 aromatic carbocycles. The highest BCUT2D eigenvalue weighted by Crippen LogP contribution is 2.37. The second kappa shape index (κ2) is 6.62. The zero-order chi connectivity index (χ0) is 20.9. The predicted molar refractivity (Wildman–Crippen MR) is 103 cm³/mol.